The minimum absolute atomic E-state index is 0.0464. The second-order valence-corrected chi connectivity index (χ2v) is 8.67. The fraction of sp³-hybridized carbons (Fsp3) is 0.211. The van der Waals surface area contributed by atoms with Gasteiger partial charge in [0.05, 0.1) is 30.1 Å². The molecule has 0 saturated carbocycles. The van der Waals surface area contributed by atoms with Crippen molar-refractivity contribution in [3.05, 3.63) is 64.3 Å². The first-order valence-corrected chi connectivity index (χ1v) is 10.6. The van der Waals surface area contributed by atoms with Crippen molar-refractivity contribution >= 4 is 31.8 Å². The van der Waals surface area contributed by atoms with Gasteiger partial charge in [0.2, 0.25) is 0 Å². The number of anilines is 1. The molecule has 0 radical (unpaired) electrons. The fourth-order valence-electron chi connectivity index (χ4n) is 2.60. The zero-order valence-corrected chi connectivity index (χ0v) is 18.0. The van der Waals surface area contributed by atoms with Crippen LogP contribution >= 0.6 is 15.9 Å². The molecule has 28 heavy (non-hydrogen) atoms. The molecule has 1 N–H and O–H groups in total. The van der Waals surface area contributed by atoms with E-state index in [9.17, 15) is 8.42 Å². The van der Waals surface area contributed by atoms with Crippen LogP contribution in [0.1, 0.15) is 11.1 Å². The van der Waals surface area contributed by atoms with Crippen molar-refractivity contribution in [3.63, 3.8) is 0 Å². The van der Waals surface area contributed by atoms with Gasteiger partial charge in [-0.3, -0.25) is 9.40 Å². The highest BCUT2D eigenvalue weighted by molar-refractivity contribution is 9.10. The standard InChI is InChI=1S/C19H20BrN3O4S/c1-13-4-6-14(7-5-13)11-23-12-16(20)19(21-23)22-28(24,25)15-8-9-17(26-2)18(10-15)27-3/h4-10,12H,11H2,1-3H3,(H,21,22). The van der Waals surface area contributed by atoms with Crippen molar-refractivity contribution in [3.8, 4) is 11.5 Å². The number of hydrogen-bond acceptors (Lipinski definition) is 5. The third-order valence-electron chi connectivity index (χ3n) is 4.08. The van der Waals surface area contributed by atoms with Crippen LogP contribution in [0.2, 0.25) is 0 Å². The predicted molar refractivity (Wildman–Crippen MR) is 111 cm³/mol. The van der Waals surface area contributed by atoms with Gasteiger partial charge in [0.1, 0.15) is 0 Å². The third kappa shape index (κ3) is 4.48. The van der Waals surface area contributed by atoms with E-state index in [1.165, 1.54) is 31.9 Å². The Morgan fingerprint density at radius 2 is 1.75 bits per heavy atom. The molecule has 1 aromatic heterocycles. The van der Waals surface area contributed by atoms with Gasteiger partial charge in [-0.15, -0.1) is 0 Å². The monoisotopic (exact) mass is 465 g/mol. The molecule has 148 valence electrons. The number of methoxy groups -OCH3 is 2. The summed E-state index contributed by atoms with van der Waals surface area (Å²) in [5, 5.41) is 4.34. The quantitative estimate of drug-likeness (QED) is 0.573. The highest BCUT2D eigenvalue weighted by Gasteiger charge is 2.20. The number of aryl methyl sites for hydroxylation is 1. The number of hydrogen-bond donors (Lipinski definition) is 1. The lowest BCUT2D eigenvalue weighted by atomic mass is 10.1. The third-order valence-corrected chi connectivity index (χ3v) is 6.00. The van der Waals surface area contributed by atoms with E-state index in [4.69, 9.17) is 9.47 Å². The van der Waals surface area contributed by atoms with Gasteiger partial charge in [0, 0.05) is 12.3 Å². The van der Waals surface area contributed by atoms with E-state index < -0.39 is 10.0 Å². The largest absolute Gasteiger partial charge is 0.493 e. The van der Waals surface area contributed by atoms with Crippen molar-refractivity contribution in [2.24, 2.45) is 0 Å². The highest BCUT2D eigenvalue weighted by Crippen LogP contribution is 2.31. The van der Waals surface area contributed by atoms with Gasteiger partial charge >= 0.3 is 0 Å². The van der Waals surface area contributed by atoms with Gasteiger partial charge in [-0.25, -0.2) is 8.42 Å². The Hall–Kier alpha value is -2.52. The Balaban J connectivity index is 1.82. The van der Waals surface area contributed by atoms with Crippen LogP contribution in [0.3, 0.4) is 0 Å². The summed E-state index contributed by atoms with van der Waals surface area (Å²) in [5.74, 6) is 0.987. The van der Waals surface area contributed by atoms with Crippen LogP contribution in [0.25, 0.3) is 0 Å². The number of benzene rings is 2. The highest BCUT2D eigenvalue weighted by atomic mass is 79.9. The smallest absolute Gasteiger partial charge is 0.263 e. The molecule has 0 aliphatic carbocycles. The zero-order chi connectivity index (χ0) is 20.3. The van der Waals surface area contributed by atoms with E-state index in [0.717, 1.165) is 5.56 Å². The molecule has 0 fully saturated rings. The van der Waals surface area contributed by atoms with Crippen LogP contribution in [-0.4, -0.2) is 32.4 Å². The lowest BCUT2D eigenvalue weighted by Gasteiger charge is -2.10. The molecule has 7 nitrogen and oxygen atoms in total. The van der Waals surface area contributed by atoms with Gasteiger partial charge in [0.15, 0.2) is 17.3 Å². The molecule has 0 atom stereocenters. The van der Waals surface area contributed by atoms with E-state index in [1.54, 1.807) is 16.9 Å². The maximum atomic E-state index is 12.7. The topological polar surface area (TPSA) is 82.5 Å². The first kappa shape index (κ1) is 20.2. The number of aromatic nitrogens is 2. The van der Waals surface area contributed by atoms with Crippen molar-refractivity contribution < 1.29 is 17.9 Å². The second-order valence-electron chi connectivity index (χ2n) is 6.13. The van der Waals surface area contributed by atoms with Gasteiger partial charge in [-0.2, -0.15) is 5.10 Å². The van der Waals surface area contributed by atoms with E-state index in [2.05, 4.69) is 25.8 Å². The molecule has 1 heterocycles. The maximum Gasteiger partial charge on any atom is 0.263 e. The molecule has 9 heteroatoms. The van der Waals surface area contributed by atoms with Crippen LogP contribution in [0.4, 0.5) is 5.82 Å². The summed E-state index contributed by atoms with van der Waals surface area (Å²) >= 11 is 3.36. The van der Waals surface area contributed by atoms with Crippen LogP contribution in [0, 0.1) is 6.92 Å². The molecule has 0 saturated heterocycles. The average molecular weight is 466 g/mol. The Labute approximate surface area is 172 Å². The first-order chi connectivity index (χ1) is 13.3. The van der Waals surface area contributed by atoms with Crippen LogP contribution in [-0.2, 0) is 16.6 Å². The summed E-state index contributed by atoms with van der Waals surface area (Å²) in [6.07, 6.45) is 1.73. The Morgan fingerprint density at radius 1 is 1.07 bits per heavy atom. The molecule has 0 spiro atoms. The van der Waals surface area contributed by atoms with E-state index >= 15 is 0 Å². The van der Waals surface area contributed by atoms with Crippen molar-refractivity contribution in [2.75, 3.05) is 18.9 Å². The van der Waals surface area contributed by atoms with Gasteiger partial charge in [-0.05, 0) is 40.5 Å². The lowest BCUT2D eigenvalue weighted by molar-refractivity contribution is 0.354. The fourth-order valence-corrected chi connectivity index (χ4v) is 4.18. The summed E-state index contributed by atoms with van der Waals surface area (Å²) in [6.45, 7) is 2.55. The SMILES string of the molecule is COc1ccc(S(=O)(=O)Nc2nn(Cc3ccc(C)cc3)cc2Br)cc1OC. The summed E-state index contributed by atoms with van der Waals surface area (Å²) in [6, 6.07) is 12.5. The van der Waals surface area contributed by atoms with Gasteiger partial charge in [-0.1, -0.05) is 29.8 Å². The van der Waals surface area contributed by atoms with E-state index in [1.807, 2.05) is 31.2 Å². The number of rotatable bonds is 7. The predicted octanol–water partition coefficient (Wildman–Crippen LogP) is 3.82. The Kier molecular flexibility index (Phi) is 5.95. The number of ether oxygens (including phenoxy) is 2. The lowest BCUT2D eigenvalue weighted by Crippen LogP contribution is -2.14. The van der Waals surface area contributed by atoms with E-state index in [0.29, 0.717) is 22.5 Å². The molecular formula is C19H20BrN3O4S. The average Bonchev–Trinajstić information content (AvgIpc) is 3.01. The summed E-state index contributed by atoms with van der Waals surface area (Å²) in [4.78, 5) is 0.0464. The number of sulfonamides is 1. The van der Waals surface area contributed by atoms with E-state index in [-0.39, 0.29) is 10.7 Å². The first-order valence-electron chi connectivity index (χ1n) is 8.35. The molecule has 0 aliphatic rings. The summed E-state index contributed by atoms with van der Waals surface area (Å²) in [5.41, 5.74) is 2.24. The minimum atomic E-state index is -3.85. The molecule has 3 rings (SSSR count). The van der Waals surface area contributed by atoms with Crippen molar-refractivity contribution in [2.45, 2.75) is 18.4 Å². The molecular weight excluding hydrogens is 446 g/mol. The minimum Gasteiger partial charge on any atom is -0.493 e. The summed E-state index contributed by atoms with van der Waals surface area (Å²) in [7, 11) is -0.912. The molecule has 2 aromatic carbocycles. The molecule has 0 unspecified atom stereocenters. The van der Waals surface area contributed by atoms with Gasteiger partial charge < -0.3 is 9.47 Å². The number of nitrogens with zero attached hydrogens (tertiary/aromatic N) is 2. The van der Waals surface area contributed by atoms with Crippen LogP contribution < -0.4 is 14.2 Å². The van der Waals surface area contributed by atoms with Crippen LogP contribution in [0.5, 0.6) is 11.5 Å². The molecule has 0 aliphatic heterocycles. The second kappa shape index (κ2) is 8.24. The Bertz CT molecular complexity index is 1080. The zero-order valence-electron chi connectivity index (χ0n) is 15.6. The van der Waals surface area contributed by atoms with Crippen molar-refractivity contribution in [1.82, 2.24) is 9.78 Å². The van der Waals surface area contributed by atoms with Gasteiger partial charge in [0.25, 0.3) is 10.0 Å². The molecule has 3 aromatic rings. The number of nitrogens with one attached hydrogen (secondary N) is 1. The summed E-state index contributed by atoms with van der Waals surface area (Å²) < 4.78 is 40.5. The maximum absolute atomic E-state index is 12.7. The number of halogens is 1. The normalized spacial score (nSPS) is 11.3. The van der Waals surface area contributed by atoms with Crippen molar-refractivity contribution in [1.29, 1.82) is 0 Å². The van der Waals surface area contributed by atoms with Crippen LogP contribution in [0.15, 0.2) is 58.0 Å². The Morgan fingerprint density at radius 3 is 2.39 bits per heavy atom. The molecule has 0 bridgehead atoms. The molecule has 0 amide bonds.